The second-order valence-electron chi connectivity index (χ2n) is 4.41. The summed E-state index contributed by atoms with van der Waals surface area (Å²) in [4.78, 5) is 0. The largest absolute Gasteiger partial charge is 0.497 e. The molecule has 0 unspecified atom stereocenters. The Balaban J connectivity index is 1.82. The predicted octanol–water partition coefficient (Wildman–Crippen LogP) is 2.52. The van der Waals surface area contributed by atoms with Crippen LogP contribution < -0.4 is 10.1 Å². The molecule has 0 fully saturated rings. The van der Waals surface area contributed by atoms with E-state index in [0.717, 1.165) is 29.7 Å². The van der Waals surface area contributed by atoms with Gasteiger partial charge in [-0.2, -0.15) is 5.10 Å². The van der Waals surface area contributed by atoms with Gasteiger partial charge in [0.05, 0.1) is 13.3 Å². The summed E-state index contributed by atoms with van der Waals surface area (Å²) in [6, 6.07) is 6.00. The fourth-order valence-electron chi connectivity index (χ4n) is 1.87. The van der Waals surface area contributed by atoms with Crippen molar-refractivity contribution in [1.82, 2.24) is 15.1 Å². The Morgan fingerprint density at radius 1 is 1.42 bits per heavy atom. The van der Waals surface area contributed by atoms with Crippen LogP contribution in [0.4, 0.5) is 0 Å². The molecular weight excluding hydrogens is 306 g/mol. The molecule has 19 heavy (non-hydrogen) atoms. The van der Waals surface area contributed by atoms with Crippen LogP contribution in [-0.2, 0) is 20.0 Å². The average molecular weight is 324 g/mol. The fraction of sp³-hybridized carbons (Fsp3) is 0.357. The molecule has 0 bridgehead atoms. The lowest BCUT2D eigenvalue weighted by atomic mass is 10.2. The summed E-state index contributed by atoms with van der Waals surface area (Å²) in [5.74, 6) is 0.882. The maximum atomic E-state index is 5.23. The van der Waals surface area contributed by atoms with Crippen LogP contribution >= 0.6 is 15.9 Å². The third kappa shape index (κ3) is 4.08. The molecular formula is C14H18BrN3O. The van der Waals surface area contributed by atoms with E-state index in [4.69, 9.17) is 4.74 Å². The number of aryl methyl sites for hydroxylation is 1. The molecule has 0 saturated heterocycles. The smallest absolute Gasteiger partial charge is 0.119 e. The summed E-state index contributed by atoms with van der Waals surface area (Å²) in [6.45, 7) is 1.74. The Labute approximate surface area is 121 Å². The zero-order valence-electron chi connectivity index (χ0n) is 11.2. The minimum absolute atomic E-state index is 0.818. The van der Waals surface area contributed by atoms with E-state index in [9.17, 15) is 0 Å². The molecule has 0 aliphatic heterocycles. The van der Waals surface area contributed by atoms with Crippen molar-refractivity contribution in [2.75, 3.05) is 13.7 Å². The van der Waals surface area contributed by atoms with E-state index in [0.29, 0.717) is 0 Å². The maximum absolute atomic E-state index is 5.23. The van der Waals surface area contributed by atoms with E-state index in [2.05, 4.69) is 26.3 Å². The van der Waals surface area contributed by atoms with Gasteiger partial charge in [0.1, 0.15) is 5.75 Å². The molecule has 2 rings (SSSR count). The van der Waals surface area contributed by atoms with E-state index in [1.54, 1.807) is 7.11 Å². The van der Waals surface area contributed by atoms with Gasteiger partial charge in [-0.1, -0.05) is 15.9 Å². The molecule has 0 aliphatic rings. The SMILES string of the molecule is COc1ccc(Br)c(CNCCc2cnn(C)c2)c1. The monoisotopic (exact) mass is 323 g/mol. The summed E-state index contributed by atoms with van der Waals surface area (Å²) in [5.41, 5.74) is 2.45. The molecule has 2 aromatic rings. The van der Waals surface area contributed by atoms with Gasteiger partial charge in [0.25, 0.3) is 0 Å². The van der Waals surface area contributed by atoms with Gasteiger partial charge in [0, 0.05) is 24.3 Å². The van der Waals surface area contributed by atoms with Gasteiger partial charge in [-0.15, -0.1) is 0 Å². The van der Waals surface area contributed by atoms with Crippen LogP contribution in [0.2, 0.25) is 0 Å². The van der Waals surface area contributed by atoms with Crippen molar-refractivity contribution in [1.29, 1.82) is 0 Å². The zero-order valence-corrected chi connectivity index (χ0v) is 12.8. The van der Waals surface area contributed by atoms with Crippen molar-refractivity contribution >= 4 is 15.9 Å². The van der Waals surface area contributed by atoms with Gasteiger partial charge in [0.15, 0.2) is 0 Å². The average Bonchev–Trinajstić information content (AvgIpc) is 2.82. The summed E-state index contributed by atoms with van der Waals surface area (Å²) in [5, 5.41) is 7.58. The molecule has 1 heterocycles. The molecule has 5 heteroatoms. The first-order valence-electron chi connectivity index (χ1n) is 6.19. The Hall–Kier alpha value is -1.33. The van der Waals surface area contributed by atoms with E-state index < -0.39 is 0 Å². The van der Waals surface area contributed by atoms with Crippen molar-refractivity contribution in [3.05, 3.63) is 46.2 Å². The highest BCUT2D eigenvalue weighted by molar-refractivity contribution is 9.10. The van der Waals surface area contributed by atoms with Gasteiger partial charge in [-0.25, -0.2) is 0 Å². The molecule has 4 nitrogen and oxygen atoms in total. The van der Waals surface area contributed by atoms with E-state index >= 15 is 0 Å². The van der Waals surface area contributed by atoms with Crippen molar-refractivity contribution < 1.29 is 4.74 Å². The van der Waals surface area contributed by atoms with Crippen LogP contribution in [0, 0.1) is 0 Å². The number of nitrogens with one attached hydrogen (secondary N) is 1. The standard InChI is InChI=1S/C14H18BrN3O/c1-18-10-11(8-17-18)5-6-16-9-12-7-13(19-2)3-4-14(12)15/h3-4,7-8,10,16H,5-6,9H2,1-2H3. The Bertz CT molecular complexity index is 539. The van der Waals surface area contributed by atoms with Crippen LogP contribution in [0.1, 0.15) is 11.1 Å². The molecule has 1 N–H and O–H groups in total. The topological polar surface area (TPSA) is 39.1 Å². The number of hydrogen-bond donors (Lipinski definition) is 1. The number of methoxy groups -OCH3 is 1. The number of ether oxygens (including phenoxy) is 1. The van der Waals surface area contributed by atoms with Crippen LogP contribution in [0.5, 0.6) is 5.75 Å². The van der Waals surface area contributed by atoms with Crippen LogP contribution in [-0.4, -0.2) is 23.4 Å². The summed E-state index contributed by atoms with van der Waals surface area (Å²) >= 11 is 3.55. The number of aromatic nitrogens is 2. The van der Waals surface area contributed by atoms with Crippen LogP contribution in [0.15, 0.2) is 35.1 Å². The summed E-state index contributed by atoms with van der Waals surface area (Å²) < 4.78 is 8.16. The summed E-state index contributed by atoms with van der Waals surface area (Å²) in [7, 11) is 3.62. The number of nitrogens with zero attached hydrogens (tertiary/aromatic N) is 2. The highest BCUT2D eigenvalue weighted by atomic mass is 79.9. The van der Waals surface area contributed by atoms with E-state index in [1.165, 1.54) is 11.1 Å². The number of halogens is 1. The third-order valence-corrected chi connectivity index (χ3v) is 3.69. The fourth-order valence-corrected chi connectivity index (χ4v) is 2.26. The molecule has 0 atom stereocenters. The first-order chi connectivity index (χ1) is 9.19. The lowest BCUT2D eigenvalue weighted by molar-refractivity contribution is 0.414. The first kappa shape index (κ1) is 14.1. The highest BCUT2D eigenvalue weighted by Crippen LogP contribution is 2.22. The first-order valence-corrected chi connectivity index (χ1v) is 6.99. The number of rotatable bonds is 6. The Kier molecular flexibility index (Phi) is 4.99. The van der Waals surface area contributed by atoms with Gasteiger partial charge >= 0.3 is 0 Å². The second kappa shape index (κ2) is 6.73. The van der Waals surface area contributed by atoms with Crippen LogP contribution in [0.25, 0.3) is 0 Å². The second-order valence-corrected chi connectivity index (χ2v) is 5.26. The zero-order chi connectivity index (χ0) is 13.7. The van der Waals surface area contributed by atoms with Crippen molar-refractivity contribution in [2.24, 2.45) is 7.05 Å². The van der Waals surface area contributed by atoms with Crippen molar-refractivity contribution in [2.45, 2.75) is 13.0 Å². The Morgan fingerprint density at radius 2 is 2.26 bits per heavy atom. The van der Waals surface area contributed by atoms with Gasteiger partial charge in [-0.3, -0.25) is 4.68 Å². The molecule has 0 amide bonds. The molecule has 0 aliphatic carbocycles. The number of benzene rings is 1. The number of hydrogen-bond acceptors (Lipinski definition) is 3. The van der Waals surface area contributed by atoms with Crippen molar-refractivity contribution in [3.8, 4) is 5.75 Å². The molecule has 0 spiro atoms. The minimum Gasteiger partial charge on any atom is -0.497 e. The van der Waals surface area contributed by atoms with Crippen molar-refractivity contribution in [3.63, 3.8) is 0 Å². The lowest BCUT2D eigenvalue weighted by Crippen LogP contribution is -2.16. The Morgan fingerprint density at radius 3 is 2.95 bits per heavy atom. The molecule has 1 aromatic carbocycles. The molecule has 102 valence electrons. The summed E-state index contributed by atoms with van der Waals surface area (Å²) in [6.07, 6.45) is 4.93. The predicted molar refractivity (Wildman–Crippen MR) is 79.3 cm³/mol. The highest BCUT2D eigenvalue weighted by Gasteiger charge is 2.02. The molecule has 0 radical (unpaired) electrons. The quantitative estimate of drug-likeness (QED) is 0.830. The third-order valence-electron chi connectivity index (χ3n) is 2.92. The molecule has 0 saturated carbocycles. The minimum atomic E-state index is 0.818. The normalized spacial score (nSPS) is 10.7. The van der Waals surface area contributed by atoms with Crippen LogP contribution in [0.3, 0.4) is 0 Å². The molecule has 1 aromatic heterocycles. The lowest BCUT2D eigenvalue weighted by Gasteiger charge is -2.08. The maximum Gasteiger partial charge on any atom is 0.119 e. The van der Waals surface area contributed by atoms with E-state index in [1.807, 2.05) is 42.3 Å². The van der Waals surface area contributed by atoms with Gasteiger partial charge in [0.2, 0.25) is 0 Å². The van der Waals surface area contributed by atoms with E-state index in [-0.39, 0.29) is 0 Å². The van der Waals surface area contributed by atoms with Gasteiger partial charge in [-0.05, 0) is 42.3 Å². The van der Waals surface area contributed by atoms with Gasteiger partial charge < -0.3 is 10.1 Å².